The van der Waals surface area contributed by atoms with Gasteiger partial charge in [-0.2, -0.15) is 0 Å². The molecule has 2 aromatic carbocycles. The number of nitrogens with one attached hydrogen (secondary N) is 2. The highest BCUT2D eigenvalue weighted by atomic mass is 16.5. The van der Waals surface area contributed by atoms with Gasteiger partial charge in [0, 0.05) is 11.6 Å². The second-order valence-corrected chi connectivity index (χ2v) is 6.58. The summed E-state index contributed by atoms with van der Waals surface area (Å²) in [6.45, 7) is -0.469. The van der Waals surface area contributed by atoms with E-state index in [9.17, 15) is 14.4 Å². The van der Waals surface area contributed by atoms with Crippen LogP contribution in [0, 0.1) is 0 Å². The van der Waals surface area contributed by atoms with E-state index >= 15 is 0 Å². The molecule has 0 radical (unpaired) electrons. The molecular weight excluding hydrogens is 418 g/mol. The molecule has 4 amide bonds. The third-order valence-electron chi connectivity index (χ3n) is 4.68. The maximum absolute atomic E-state index is 12.8. The number of hydrogen-bond acceptors (Lipinski definition) is 7. The number of para-hydroxylation sites is 2. The molecule has 1 heterocycles. The zero-order valence-corrected chi connectivity index (χ0v) is 18.1. The summed E-state index contributed by atoms with van der Waals surface area (Å²) >= 11 is 0. The smallest absolute Gasteiger partial charge is 0.329 e. The Morgan fingerprint density at radius 2 is 1.56 bits per heavy atom. The first-order valence-electron chi connectivity index (χ1n) is 9.49. The van der Waals surface area contributed by atoms with Crippen LogP contribution in [0.3, 0.4) is 0 Å². The summed E-state index contributed by atoms with van der Waals surface area (Å²) in [5, 5.41) is 5.11. The predicted octanol–water partition coefficient (Wildman–Crippen LogP) is 2.25. The Bertz CT molecular complexity index is 1080. The van der Waals surface area contributed by atoms with Gasteiger partial charge >= 0.3 is 6.03 Å². The predicted molar refractivity (Wildman–Crippen MR) is 116 cm³/mol. The molecule has 1 saturated heterocycles. The highest BCUT2D eigenvalue weighted by Crippen LogP contribution is 2.36. The van der Waals surface area contributed by atoms with Crippen molar-refractivity contribution in [2.75, 3.05) is 40.3 Å². The number of ether oxygens (including phenoxy) is 4. The van der Waals surface area contributed by atoms with Crippen LogP contribution in [-0.2, 0) is 9.59 Å². The summed E-state index contributed by atoms with van der Waals surface area (Å²) in [5.41, 5.74) is 0.901. The molecule has 168 valence electrons. The Morgan fingerprint density at radius 1 is 0.938 bits per heavy atom. The number of carbonyl (C=O) groups excluding carboxylic acids is 3. The Kier molecular flexibility index (Phi) is 6.83. The second kappa shape index (κ2) is 9.73. The summed E-state index contributed by atoms with van der Waals surface area (Å²) < 4.78 is 21.1. The maximum atomic E-state index is 12.8. The van der Waals surface area contributed by atoms with Crippen molar-refractivity contribution in [3.8, 4) is 23.0 Å². The van der Waals surface area contributed by atoms with Gasteiger partial charge in [0.25, 0.3) is 5.91 Å². The van der Waals surface area contributed by atoms with Crippen molar-refractivity contribution in [3.05, 3.63) is 47.7 Å². The maximum Gasteiger partial charge on any atom is 0.329 e. The van der Waals surface area contributed by atoms with Crippen LogP contribution in [0.25, 0.3) is 6.08 Å². The van der Waals surface area contributed by atoms with E-state index in [1.165, 1.54) is 34.5 Å². The summed E-state index contributed by atoms with van der Waals surface area (Å²) in [6.07, 6.45) is 1.44. The van der Waals surface area contributed by atoms with Gasteiger partial charge in [-0.25, -0.2) is 9.69 Å². The lowest BCUT2D eigenvalue weighted by molar-refractivity contribution is -0.127. The normalized spacial score (nSPS) is 14.2. The summed E-state index contributed by atoms with van der Waals surface area (Å²) in [7, 11) is 5.91. The third kappa shape index (κ3) is 4.59. The van der Waals surface area contributed by atoms with Crippen LogP contribution in [0.15, 0.2) is 42.1 Å². The Labute approximate surface area is 184 Å². The van der Waals surface area contributed by atoms with Gasteiger partial charge in [0.1, 0.15) is 23.7 Å². The van der Waals surface area contributed by atoms with Gasteiger partial charge in [0.2, 0.25) is 5.91 Å². The van der Waals surface area contributed by atoms with Crippen molar-refractivity contribution < 1.29 is 33.3 Å². The molecule has 0 spiro atoms. The lowest BCUT2D eigenvalue weighted by Gasteiger charge is -2.14. The minimum Gasteiger partial charge on any atom is -0.496 e. The largest absolute Gasteiger partial charge is 0.496 e. The molecule has 0 atom stereocenters. The van der Waals surface area contributed by atoms with Gasteiger partial charge in [0.15, 0.2) is 11.5 Å². The zero-order valence-electron chi connectivity index (χ0n) is 18.1. The van der Waals surface area contributed by atoms with Crippen LogP contribution < -0.4 is 29.6 Å². The topological polar surface area (TPSA) is 115 Å². The minimum absolute atomic E-state index is 0.00869. The fraction of sp³-hybridized carbons (Fsp3) is 0.227. The van der Waals surface area contributed by atoms with Crippen LogP contribution in [0.1, 0.15) is 5.56 Å². The van der Waals surface area contributed by atoms with E-state index in [2.05, 4.69) is 10.6 Å². The summed E-state index contributed by atoms with van der Waals surface area (Å²) in [5.74, 6) is 0.529. The van der Waals surface area contributed by atoms with Crippen molar-refractivity contribution in [1.29, 1.82) is 0 Å². The van der Waals surface area contributed by atoms with Gasteiger partial charge in [-0.3, -0.25) is 9.59 Å². The highest BCUT2D eigenvalue weighted by Gasteiger charge is 2.35. The minimum atomic E-state index is -0.712. The number of benzene rings is 2. The van der Waals surface area contributed by atoms with Crippen molar-refractivity contribution in [1.82, 2.24) is 10.2 Å². The monoisotopic (exact) mass is 441 g/mol. The van der Waals surface area contributed by atoms with E-state index in [-0.39, 0.29) is 5.70 Å². The van der Waals surface area contributed by atoms with E-state index in [1.54, 1.807) is 36.4 Å². The number of anilines is 1. The van der Waals surface area contributed by atoms with Crippen molar-refractivity contribution in [3.63, 3.8) is 0 Å². The molecule has 1 aliphatic heterocycles. The van der Waals surface area contributed by atoms with Crippen molar-refractivity contribution in [2.45, 2.75) is 0 Å². The van der Waals surface area contributed by atoms with Crippen molar-refractivity contribution >= 4 is 29.6 Å². The molecule has 10 heteroatoms. The average Bonchev–Trinajstić information content (AvgIpc) is 3.06. The number of hydrogen-bond donors (Lipinski definition) is 2. The van der Waals surface area contributed by atoms with Crippen LogP contribution in [0.4, 0.5) is 10.5 Å². The SMILES string of the molecule is COc1cc(OC)c(OC)cc1/C=C1/NC(=O)N(CC(=O)Nc2ccccc2OC)C1=O. The zero-order chi connectivity index (χ0) is 23.3. The van der Waals surface area contributed by atoms with E-state index < -0.39 is 24.4 Å². The quantitative estimate of drug-likeness (QED) is 0.477. The van der Waals surface area contributed by atoms with Gasteiger partial charge < -0.3 is 29.6 Å². The standard InChI is InChI=1S/C22H23N3O7/c1-29-16-8-6-5-7-14(16)23-20(26)12-25-21(27)15(24-22(25)28)9-13-10-18(31-3)19(32-4)11-17(13)30-2/h5-11H,12H2,1-4H3,(H,23,26)(H,24,28)/b15-9+. The molecule has 32 heavy (non-hydrogen) atoms. The second-order valence-electron chi connectivity index (χ2n) is 6.58. The number of imide groups is 1. The fourth-order valence-electron chi connectivity index (χ4n) is 3.12. The fourth-order valence-corrected chi connectivity index (χ4v) is 3.12. The van der Waals surface area contributed by atoms with Crippen LogP contribution >= 0.6 is 0 Å². The van der Waals surface area contributed by atoms with E-state index in [0.717, 1.165) is 4.90 Å². The number of methoxy groups -OCH3 is 4. The molecule has 2 aromatic rings. The Morgan fingerprint density at radius 3 is 2.22 bits per heavy atom. The number of urea groups is 1. The number of rotatable bonds is 8. The van der Waals surface area contributed by atoms with E-state index in [0.29, 0.717) is 34.2 Å². The van der Waals surface area contributed by atoms with Crippen LogP contribution in [0.2, 0.25) is 0 Å². The number of nitrogens with zero attached hydrogens (tertiary/aromatic N) is 1. The Balaban J connectivity index is 1.80. The Hall–Kier alpha value is -4.21. The summed E-state index contributed by atoms with van der Waals surface area (Å²) in [4.78, 5) is 38.4. The molecule has 0 aliphatic carbocycles. The van der Waals surface area contributed by atoms with Crippen LogP contribution in [0.5, 0.6) is 23.0 Å². The van der Waals surface area contributed by atoms with Gasteiger partial charge in [0.05, 0.1) is 34.1 Å². The molecule has 0 aromatic heterocycles. The highest BCUT2D eigenvalue weighted by molar-refractivity contribution is 6.16. The van der Waals surface area contributed by atoms with Crippen molar-refractivity contribution in [2.24, 2.45) is 0 Å². The molecule has 1 fully saturated rings. The molecule has 1 aliphatic rings. The molecular formula is C22H23N3O7. The van der Waals surface area contributed by atoms with E-state index in [1.807, 2.05) is 0 Å². The lowest BCUT2D eigenvalue weighted by Crippen LogP contribution is -2.38. The molecule has 0 bridgehead atoms. The molecule has 0 saturated carbocycles. The molecule has 3 rings (SSSR count). The molecule has 2 N–H and O–H groups in total. The first-order valence-corrected chi connectivity index (χ1v) is 9.49. The van der Waals surface area contributed by atoms with Crippen LogP contribution in [-0.4, -0.2) is 57.7 Å². The summed E-state index contributed by atoms with van der Waals surface area (Å²) in [6, 6.07) is 9.31. The first kappa shape index (κ1) is 22.5. The average molecular weight is 441 g/mol. The number of amides is 4. The molecule has 0 unspecified atom stereocenters. The van der Waals surface area contributed by atoms with Gasteiger partial charge in [-0.1, -0.05) is 12.1 Å². The first-order chi connectivity index (χ1) is 15.4. The third-order valence-corrected chi connectivity index (χ3v) is 4.68. The lowest BCUT2D eigenvalue weighted by atomic mass is 10.1. The number of carbonyl (C=O) groups is 3. The molecule has 10 nitrogen and oxygen atoms in total. The van der Waals surface area contributed by atoms with E-state index in [4.69, 9.17) is 18.9 Å². The van der Waals surface area contributed by atoms with Gasteiger partial charge in [-0.15, -0.1) is 0 Å². The van der Waals surface area contributed by atoms with Gasteiger partial charge in [-0.05, 0) is 24.3 Å².